The molecule has 0 radical (unpaired) electrons. The van der Waals surface area contributed by atoms with Gasteiger partial charge in [0.1, 0.15) is 0 Å². The lowest BCUT2D eigenvalue weighted by Gasteiger charge is -2.71. The minimum atomic E-state index is 0.314. The number of anilines is 1. The summed E-state index contributed by atoms with van der Waals surface area (Å²) in [4.78, 5) is 0. The number of rotatable bonds is 2. The van der Waals surface area contributed by atoms with Gasteiger partial charge in [0.15, 0.2) is 0 Å². The fraction of sp³-hybridized carbons (Fsp3) is 0.571. The molecule has 1 aliphatic heterocycles. The topological polar surface area (TPSA) is 32.3 Å². The number of aliphatic hydroxyl groups excluding tert-OH is 1. The molecule has 1 aromatic carbocycles. The summed E-state index contributed by atoms with van der Waals surface area (Å²) < 4.78 is 0. The van der Waals surface area contributed by atoms with Crippen molar-refractivity contribution < 1.29 is 5.11 Å². The highest BCUT2D eigenvalue weighted by Crippen LogP contribution is 2.73. The second-order valence-electron chi connectivity index (χ2n) is 5.98. The summed E-state index contributed by atoms with van der Waals surface area (Å²) in [5.74, 6) is 0. The Morgan fingerprint density at radius 1 is 1.25 bits per heavy atom. The lowest BCUT2D eigenvalue weighted by molar-refractivity contribution is -0.168. The number of fused-ring (bicyclic) bond motifs is 1. The van der Waals surface area contributed by atoms with Crippen LogP contribution in [0.15, 0.2) is 18.2 Å². The lowest BCUT2D eigenvalue weighted by Crippen LogP contribution is -2.66. The third-order valence-corrected chi connectivity index (χ3v) is 4.91. The summed E-state index contributed by atoms with van der Waals surface area (Å²) in [5.41, 5.74) is 5.23. The first-order valence-corrected chi connectivity index (χ1v) is 6.24. The Bertz CT molecular complexity index is 446. The Balaban J connectivity index is 1.73. The maximum Gasteiger partial charge on any atom is 0.0488 e. The van der Waals surface area contributed by atoms with Crippen LogP contribution in [-0.2, 0) is 11.8 Å². The van der Waals surface area contributed by atoms with Crippen LogP contribution < -0.4 is 5.32 Å². The molecule has 0 saturated heterocycles. The number of nitrogens with one attached hydrogen (secondary N) is 1. The molecule has 3 fully saturated rings. The van der Waals surface area contributed by atoms with Crippen molar-refractivity contribution in [2.45, 2.75) is 31.1 Å². The van der Waals surface area contributed by atoms with Crippen LogP contribution in [-0.4, -0.2) is 18.3 Å². The number of hydrogen-bond acceptors (Lipinski definition) is 2. The molecule has 1 aromatic rings. The Morgan fingerprint density at radius 3 is 2.81 bits per heavy atom. The Labute approximate surface area is 95.7 Å². The molecule has 2 nitrogen and oxygen atoms in total. The van der Waals surface area contributed by atoms with E-state index in [4.69, 9.17) is 0 Å². The van der Waals surface area contributed by atoms with E-state index >= 15 is 0 Å². The summed E-state index contributed by atoms with van der Waals surface area (Å²) in [6, 6.07) is 6.68. The molecular weight excluding hydrogens is 198 g/mol. The van der Waals surface area contributed by atoms with Crippen molar-refractivity contribution in [3.63, 3.8) is 0 Å². The highest BCUT2D eigenvalue weighted by atomic mass is 16.3. The zero-order valence-electron chi connectivity index (χ0n) is 9.42. The summed E-state index contributed by atoms with van der Waals surface area (Å²) in [6.45, 7) is 1.48. The molecule has 84 valence electrons. The van der Waals surface area contributed by atoms with E-state index in [0.717, 1.165) is 6.54 Å². The average Bonchev–Trinajstić information content (AvgIpc) is 2.62. The van der Waals surface area contributed by atoms with Crippen molar-refractivity contribution in [3.05, 3.63) is 29.3 Å². The van der Waals surface area contributed by atoms with Crippen LogP contribution in [0.3, 0.4) is 0 Å². The number of aliphatic hydroxyl groups is 1. The third-order valence-electron chi connectivity index (χ3n) is 4.91. The van der Waals surface area contributed by atoms with Crippen molar-refractivity contribution >= 4 is 5.69 Å². The van der Waals surface area contributed by atoms with Gasteiger partial charge < -0.3 is 10.4 Å². The van der Waals surface area contributed by atoms with E-state index in [9.17, 15) is 5.11 Å². The van der Waals surface area contributed by atoms with Gasteiger partial charge in [-0.1, -0.05) is 12.1 Å². The van der Waals surface area contributed by atoms with E-state index in [0.29, 0.717) is 17.4 Å². The second-order valence-corrected chi connectivity index (χ2v) is 5.98. The van der Waals surface area contributed by atoms with Gasteiger partial charge in [0.2, 0.25) is 0 Å². The van der Waals surface area contributed by atoms with E-state index in [1.54, 1.807) is 11.1 Å². The van der Waals surface area contributed by atoms with Crippen molar-refractivity contribution in [2.75, 3.05) is 18.5 Å². The molecule has 16 heavy (non-hydrogen) atoms. The van der Waals surface area contributed by atoms with E-state index < -0.39 is 0 Å². The summed E-state index contributed by atoms with van der Waals surface area (Å²) in [5, 5.41) is 12.8. The molecule has 0 unspecified atom stereocenters. The van der Waals surface area contributed by atoms with E-state index in [1.807, 2.05) is 0 Å². The molecule has 2 bridgehead atoms. The third kappa shape index (κ3) is 0.881. The second kappa shape index (κ2) is 2.62. The molecule has 5 rings (SSSR count). The molecule has 3 aliphatic carbocycles. The maximum absolute atomic E-state index is 9.33. The van der Waals surface area contributed by atoms with E-state index in [1.165, 1.54) is 31.4 Å². The van der Waals surface area contributed by atoms with E-state index in [-0.39, 0.29) is 0 Å². The summed E-state index contributed by atoms with van der Waals surface area (Å²) >= 11 is 0. The van der Waals surface area contributed by atoms with Gasteiger partial charge in [-0.3, -0.25) is 0 Å². The Morgan fingerprint density at radius 2 is 2.06 bits per heavy atom. The van der Waals surface area contributed by atoms with Crippen LogP contribution in [0.1, 0.15) is 30.4 Å². The molecule has 2 N–H and O–H groups in total. The monoisotopic (exact) mass is 215 g/mol. The normalized spacial score (nSPS) is 38.3. The molecule has 0 aromatic heterocycles. The van der Waals surface area contributed by atoms with Crippen molar-refractivity contribution in [1.82, 2.24) is 0 Å². The molecule has 0 amide bonds. The molecule has 3 saturated carbocycles. The Hall–Kier alpha value is -1.02. The van der Waals surface area contributed by atoms with Gasteiger partial charge >= 0.3 is 0 Å². The van der Waals surface area contributed by atoms with Gasteiger partial charge in [0.25, 0.3) is 0 Å². The first kappa shape index (κ1) is 9.06. The van der Waals surface area contributed by atoms with Crippen LogP contribution in [0.4, 0.5) is 5.69 Å². The van der Waals surface area contributed by atoms with Crippen molar-refractivity contribution in [1.29, 1.82) is 0 Å². The molecular formula is C14H17NO. The van der Waals surface area contributed by atoms with Crippen LogP contribution in [0.5, 0.6) is 0 Å². The summed E-state index contributed by atoms with van der Waals surface area (Å²) in [6.07, 6.45) is 4.83. The standard InChI is InChI=1S/C14H17NO/c16-9-13-6-14(7-13,8-13)11-2-1-3-12-10(11)4-5-15-12/h1-3,15-16H,4-9H2. The summed E-state index contributed by atoms with van der Waals surface area (Å²) in [7, 11) is 0. The smallest absolute Gasteiger partial charge is 0.0488 e. The number of hydrogen-bond donors (Lipinski definition) is 2. The maximum atomic E-state index is 9.33. The molecule has 4 aliphatic rings. The van der Waals surface area contributed by atoms with Gasteiger partial charge in [0, 0.05) is 18.8 Å². The largest absolute Gasteiger partial charge is 0.396 e. The predicted molar refractivity (Wildman–Crippen MR) is 63.7 cm³/mol. The minimum Gasteiger partial charge on any atom is -0.396 e. The van der Waals surface area contributed by atoms with E-state index in [2.05, 4.69) is 23.5 Å². The minimum absolute atomic E-state index is 0.314. The van der Waals surface area contributed by atoms with Gasteiger partial charge in [-0.05, 0) is 53.7 Å². The fourth-order valence-electron chi connectivity index (χ4n) is 4.29. The molecule has 0 spiro atoms. The quantitative estimate of drug-likeness (QED) is 0.791. The zero-order valence-corrected chi connectivity index (χ0v) is 9.42. The zero-order chi connectivity index (χ0) is 10.8. The highest BCUT2D eigenvalue weighted by Gasteiger charge is 2.68. The van der Waals surface area contributed by atoms with Gasteiger partial charge in [-0.2, -0.15) is 0 Å². The lowest BCUT2D eigenvalue weighted by atomic mass is 9.33. The van der Waals surface area contributed by atoms with Gasteiger partial charge in [-0.15, -0.1) is 0 Å². The fourth-order valence-corrected chi connectivity index (χ4v) is 4.29. The van der Waals surface area contributed by atoms with Crippen LogP contribution in [0, 0.1) is 5.41 Å². The van der Waals surface area contributed by atoms with Crippen LogP contribution in [0.2, 0.25) is 0 Å². The Kier molecular flexibility index (Phi) is 1.48. The molecule has 1 heterocycles. The van der Waals surface area contributed by atoms with Crippen molar-refractivity contribution in [3.8, 4) is 0 Å². The predicted octanol–water partition coefficient (Wildman–Crippen LogP) is 2.07. The van der Waals surface area contributed by atoms with Crippen molar-refractivity contribution in [2.24, 2.45) is 5.41 Å². The van der Waals surface area contributed by atoms with Crippen LogP contribution >= 0.6 is 0 Å². The first-order valence-electron chi connectivity index (χ1n) is 6.24. The molecule has 2 heteroatoms. The number of benzene rings is 1. The first-order chi connectivity index (χ1) is 7.77. The molecule has 0 atom stereocenters. The van der Waals surface area contributed by atoms with Gasteiger partial charge in [-0.25, -0.2) is 0 Å². The highest BCUT2D eigenvalue weighted by molar-refractivity contribution is 5.61. The van der Waals surface area contributed by atoms with Crippen LogP contribution in [0.25, 0.3) is 0 Å². The van der Waals surface area contributed by atoms with Gasteiger partial charge in [0.05, 0.1) is 0 Å². The SMILES string of the molecule is OCC12CC(c3cccc4c3CCN4)(C1)C2. The average molecular weight is 215 g/mol.